The van der Waals surface area contributed by atoms with Crippen LogP contribution in [0.25, 0.3) is 0 Å². The molecule has 1 unspecified atom stereocenters. The van der Waals surface area contributed by atoms with Crippen molar-refractivity contribution in [3.8, 4) is 0 Å². The molecule has 16 heavy (non-hydrogen) atoms. The van der Waals surface area contributed by atoms with Crippen molar-refractivity contribution in [2.45, 2.75) is 26.4 Å². The van der Waals surface area contributed by atoms with Gasteiger partial charge in [-0.2, -0.15) is 0 Å². The maximum atomic E-state index is 9.25. The van der Waals surface area contributed by atoms with Crippen LogP contribution in [0.15, 0.2) is 18.2 Å². The van der Waals surface area contributed by atoms with Crippen molar-refractivity contribution in [3.63, 3.8) is 0 Å². The van der Waals surface area contributed by atoms with E-state index in [1.807, 2.05) is 0 Å². The van der Waals surface area contributed by atoms with E-state index in [1.54, 1.807) is 0 Å². The zero-order valence-electron chi connectivity index (χ0n) is 10.2. The number of nitrogens with one attached hydrogen (secondary N) is 1. The molecule has 1 aromatic rings. The van der Waals surface area contributed by atoms with Crippen LogP contribution in [0.2, 0.25) is 0 Å². The van der Waals surface area contributed by atoms with E-state index in [4.69, 9.17) is 5.73 Å². The van der Waals surface area contributed by atoms with Crippen LogP contribution in [0.1, 0.15) is 16.7 Å². The van der Waals surface area contributed by atoms with Crippen molar-refractivity contribution in [3.05, 3.63) is 34.9 Å². The van der Waals surface area contributed by atoms with Gasteiger partial charge in [0.1, 0.15) is 0 Å². The predicted molar refractivity (Wildman–Crippen MR) is 67.6 cm³/mol. The summed E-state index contributed by atoms with van der Waals surface area (Å²) >= 11 is 0. The summed E-state index contributed by atoms with van der Waals surface area (Å²) in [4.78, 5) is 0. The lowest BCUT2D eigenvalue weighted by molar-refractivity contribution is 0.180. The van der Waals surface area contributed by atoms with Crippen molar-refractivity contribution in [2.24, 2.45) is 5.73 Å². The number of rotatable bonds is 6. The molecule has 0 radical (unpaired) electrons. The fourth-order valence-corrected chi connectivity index (χ4v) is 1.54. The topological polar surface area (TPSA) is 58.3 Å². The van der Waals surface area contributed by atoms with Crippen LogP contribution < -0.4 is 11.1 Å². The van der Waals surface area contributed by atoms with Crippen molar-refractivity contribution in [2.75, 3.05) is 19.6 Å². The summed E-state index contributed by atoms with van der Waals surface area (Å²) in [6.07, 6.45) is 0.554. The maximum Gasteiger partial charge on any atom is 0.0786 e. The second kappa shape index (κ2) is 6.63. The number of benzene rings is 1. The smallest absolute Gasteiger partial charge is 0.0786 e. The molecule has 0 heterocycles. The Morgan fingerprint density at radius 3 is 2.69 bits per heavy atom. The molecule has 0 spiro atoms. The summed E-state index contributed by atoms with van der Waals surface area (Å²) in [6, 6.07) is 6.53. The molecule has 3 heteroatoms. The first-order valence-corrected chi connectivity index (χ1v) is 5.78. The fourth-order valence-electron chi connectivity index (χ4n) is 1.54. The molecule has 0 saturated heterocycles. The minimum atomic E-state index is -0.431. The third-order valence-corrected chi connectivity index (χ3v) is 2.81. The number of aryl methyl sites for hydroxylation is 2. The molecule has 4 N–H and O–H groups in total. The number of nitrogens with two attached hydrogens (primary N) is 1. The molecule has 0 fully saturated rings. The van der Waals surface area contributed by atoms with Crippen LogP contribution in [-0.4, -0.2) is 30.8 Å². The van der Waals surface area contributed by atoms with E-state index in [9.17, 15) is 5.11 Å². The van der Waals surface area contributed by atoms with Crippen molar-refractivity contribution in [1.29, 1.82) is 0 Å². The molecule has 0 amide bonds. The monoisotopic (exact) mass is 222 g/mol. The van der Waals surface area contributed by atoms with E-state index in [0.717, 1.165) is 13.0 Å². The first-order valence-electron chi connectivity index (χ1n) is 5.78. The van der Waals surface area contributed by atoms with Gasteiger partial charge in [0.25, 0.3) is 0 Å². The number of hydrogen-bond donors (Lipinski definition) is 3. The average Bonchev–Trinajstić information content (AvgIpc) is 2.28. The number of hydrogen-bond acceptors (Lipinski definition) is 3. The van der Waals surface area contributed by atoms with E-state index in [2.05, 4.69) is 37.4 Å². The lowest BCUT2D eigenvalue weighted by atomic mass is 10.0. The van der Waals surface area contributed by atoms with E-state index in [-0.39, 0.29) is 0 Å². The maximum absolute atomic E-state index is 9.25. The van der Waals surface area contributed by atoms with Gasteiger partial charge in [-0.25, -0.2) is 0 Å². The van der Waals surface area contributed by atoms with Gasteiger partial charge in [-0.1, -0.05) is 18.2 Å². The summed E-state index contributed by atoms with van der Waals surface area (Å²) in [7, 11) is 0. The highest BCUT2D eigenvalue weighted by Gasteiger charge is 2.00. The molecular formula is C13H22N2O. The van der Waals surface area contributed by atoms with Crippen molar-refractivity contribution in [1.82, 2.24) is 5.32 Å². The zero-order valence-corrected chi connectivity index (χ0v) is 10.2. The SMILES string of the molecule is Cc1ccc(CCNCC(O)CN)cc1C. The quantitative estimate of drug-likeness (QED) is 0.623. The molecule has 90 valence electrons. The third-order valence-electron chi connectivity index (χ3n) is 2.81. The van der Waals surface area contributed by atoms with Crippen LogP contribution in [0.3, 0.4) is 0 Å². The van der Waals surface area contributed by atoms with Crippen LogP contribution in [0.5, 0.6) is 0 Å². The van der Waals surface area contributed by atoms with E-state index >= 15 is 0 Å². The highest BCUT2D eigenvalue weighted by Crippen LogP contribution is 2.09. The average molecular weight is 222 g/mol. The fraction of sp³-hybridized carbons (Fsp3) is 0.538. The summed E-state index contributed by atoms with van der Waals surface area (Å²) in [5, 5.41) is 12.4. The van der Waals surface area contributed by atoms with Gasteiger partial charge >= 0.3 is 0 Å². The Bertz CT molecular complexity index is 326. The van der Waals surface area contributed by atoms with E-state index in [1.165, 1.54) is 16.7 Å². The molecule has 1 atom stereocenters. The predicted octanol–water partition coefficient (Wildman–Crippen LogP) is 0.755. The van der Waals surface area contributed by atoms with Gasteiger partial charge in [0.2, 0.25) is 0 Å². The van der Waals surface area contributed by atoms with Gasteiger partial charge in [-0.05, 0) is 43.5 Å². The first kappa shape index (κ1) is 13.2. The lowest BCUT2D eigenvalue weighted by Crippen LogP contribution is -2.33. The molecule has 0 aliphatic rings. The largest absolute Gasteiger partial charge is 0.390 e. The second-order valence-electron chi connectivity index (χ2n) is 4.26. The van der Waals surface area contributed by atoms with E-state index < -0.39 is 6.10 Å². The Balaban J connectivity index is 2.29. The lowest BCUT2D eigenvalue weighted by Gasteiger charge is -2.10. The minimum absolute atomic E-state index is 0.316. The number of aliphatic hydroxyl groups is 1. The van der Waals surface area contributed by atoms with Crippen LogP contribution in [-0.2, 0) is 6.42 Å². The molecule has 1 aromatic carbocycles. The first-order chi connectivity index (χ1) is 7.63. The third kappa shape index (κ3) is 4.31. The van der Waals surface area contributed by atoms with Gasteiger partial charge in [0, 0.05) is 13.1 Å². The summed E-state index contributed by atoms with van der Waals surface area (Å²) in [6.45, 7) is 6.01. The standard InChI is InChI=1S/C13H22N2O/c1-10-3-4-12(7-11(10)2)5-6-15-9-13(16)8-14/h3-4,7,13,15-16H,5-6,8-9,14H2,1-2H3. The molecular weight excluding hydrogens is 200 g/mol. The highest BCUT2D eigenvalue weighted by atomic mass is 16.3. The summed E-state index contributed by atoms with van der Waals surface area (Å²) < 4.78 is 0. The zero-order chi connectivity index (χ0) is 12.0. The van der Waals surface area contributed by atoms with Gasteiger partial charge in [-0.3, -0.25) is 0 Å². The van der Waals surface area contributed by atoms with Crippen molar-refractivity contribution < 1.29 is 5.11 Å². The molecule has 0 bridgehead atoms. The summed E-state index contributed by atoms with van der Waals surface area (Å²) in [5.74, 6) is 0. The van der Waals surface area contributed by atoms with Gasteiger partial charge in [0.15, 0.2) is 0 Å². The van der Waals surface area contributed by atoms with Gasteiger partial charge < -0.3 is 16.2 Å². The second-order valence-corrected chi connectivity index (χ2v) is 4.26. The molecule has 0 aliphatic heterocycles. The highest BCUT2D eigenvalue weighted by molar-refractivity contribution is 5.29. The molecule has 3 nitrogen and oxygen atoms in total. The van der Waals surface area contributed by atoms with Crippen LogP contribution in [0, 0.1) is 13.8 Å². The van der Waals surface area contributed by atoms with Gasteiger partial charge in [-0.15, -0.1) is 0 Å². The number of aliphatic hydroxyl groups excluding tert-OH is 1. The molecule has 0 saturated carbocycles. The normalized spacial score (nSPS) is 12.8. The summed E-state index contributed by atoms with van der Waals surface area (Å²) in [5.41, 5.74) is 9.31. The Hall–Kier alpha value is -0.900. The van der Waals surface area contributed by atoms with Crippen molar-refractivity contribution >= 4 is 0 Å². The Morgan fingerprint density at radius 2 is 2.06 bits per heavy atom. The molecule has 0 aromatic heterocycles. The molecule has 0 aliphatic carbocycles. The van der Waals surface area contributed by atoms with Crippen LogP contribution in [0.4, 0.5) is 0 Å². The van der Waals surface area contributed by atoms with Crippen LogP contribution >= 0.6 is 0 Å². The Labute approximate surface area is 97.7 Å². The minimum Gasteiger partial charge on any atom is -0.390 e. The Morgan fingerprint density at radius 1 is 1.31 bits per heavy atom. The Kier molecular flexibility index (Phi) is 5.46. The molecule has 1 rings (SSSR count). The van der Waals surface area contributed by atoms with E-state index in [0.29, 0.717) is 13.1 Å². The van der Waals surface area contributed by atoms with Gasteiger partial charge in [0.05, 0.1) is 6.10 Å².